The number of urea groups is 1. The van der Waals surface area contributed by atoms with Crippen molar-refractivity contribution in [3.8, 4) is 5.75 Å². The van der Waals surface area contributed by atoms with Crippen LogP contribution in [0.5, 0.6) is 5.75 Å². The minimum Gasteiger partial charge on any atom is -0.491 e. The number of carbonyl (C=O) groups is 2. The molecule has 25 heavy (non-hydrogen) atoms. The maximum absolute atomic E-state index is 12.2. The van der Waals surface area contributed by atoms with Crippen LogP contribution in [0.3, 0.4) is 0 Å². The molecule has 6 nitrogen and oxygen atoms in total. The molecule has 3 N–H and O–H groups in total. The third kappa shape index (κ3) is 3.56. The lowest BCUT2D eigenvalue weighted by Gasteiger charge is -2.16. The van der Waals surface area contributed by atoms with E-state index >= 15 is 0 Å². The molecule has 134 valence electrons. The standard InChI is InChI=1S/C18H23N3O3S/c22-16(19-12-9-24-14-6-2-1-5-11(12)14)8-4-3-7-15-17-13(10-25-15)20-18(23)21-17/h1-2,5-6,12-13,15,17H,3-4,7-10H2,(H,19,22)(H2,20,21,23)/t12-,13-,15-,17+/m0/s1. The number of hydrogen-bond donors (Lipinski definition) is 3. The van der Waals surface area contributed by atoms with Gasteiger partial charge in [0.05, 0.1) is 18.1 Å². The van der Waals surface area contributed by atoms with Gasteiger partial charge >= 0.3 is 6.03 Å². The first-order chi connectivity index (χ1) is 12.2. The lowest BCUT2D eigenvalue weighted by atomic mass is 10.0. The molecule has 0 aromatic heterocycles. The number of para-hydroxylation sites is 1. The van der Waals surface area contributed by atoms with Gasteiger partial charge in [-0.05, 0) is 18.9 Å². The first-order valence-electron chi connectivity index (χ1n) is 8.90. The number of thioether (sulfide) groups is 1. The van der Waals surface area contributed by atoms with E-state index in [9.17, 15) is 9.59 Å². The van der Waals surface area contributed by atoms with Gasteiger partial charge in [0.2, 0.25) is 5.91 Å². The molecule has 7 heteroatoms. The predicted molar refractivity (Wildman–Crippen MR) is 96.8 cm³/mol. The van der Waals surface area contributed by atoms with Gasteiger partial charge < -0.3 is 20.7 Å². The zero-order valence-electron chi connectivity index (χ0n) is 14.0. The van der Waals surface area contributed by atoms with Gasteiger partial charge in [0.1, 0.15) is 12.4 Å². The Morgan fingerprint density at radius 3 is 3.08 bits per heavy atom. The highest BCUT2D eigenvalue weighted by molar-refractivity contribution is 8.00. The largest absolute Gasteiger partial charge is 0.491 e. The molecule has 4 rings (SSSR count). The number of carbonyl (C=O) groups excluding carboxylic acids is 2. The van der Waals surface area contributed by atoms with Gasteiger partial charge in [-0.25, -0.2) is 4.79 Å². The van der Waals surface area contributed by atoms with E-state index in [1.807, 2.05) is 36.0 Å². The summed E-state index contributed by atoms with van der Waals surface area (Å²) in [5.41, 5.74) is 1.06. The van der Waals surface area contributed by atoms with Crippen molar-refractivity contribution in [2.75, 3.05) is 12.4 Å². The van der Waals surface area contributed by atoms with Crippen LogP contribution in [-0.4, -0.2) is 41.6 Å². The van der Waals surface area contributed by atoms with E-state index in [4.69, 9.17) is 4.74 Å². The van der Waals surface area contributed by atoms with Crippen LogP contribution in [0.2, 0.25) is 0 Å². The van der Waals surface area contributed by atoms with Gasteiger partial charge in [-0.1, -0.05) is 24.6 Å². The Kier molecular flexibility index (Phi) is 4.74. The second-order valence-electron chi connectivity index (χ2n) is 6.84. The number of unbranched alkanes of at least 4 members (excludes halogenated alkanes) is 1. The minimum absolute atomic E-state index is 0.0328. The van der Waals surface area contributed by atoms with Crippen LogP contribution in [0, 0.1) is 0 Å². The molecule has 1 aromatic rings. The Morgan fingerprint density at radius 2 is 2.16 bits per heavy atom. The lowest BCUT2D eigenvalue weighted by molar-refractivity contribution is -0.122. The second kappa shape index (κ2) is 7.15. The number of nitrogens with one attached hydrogen (secondary N) is 3. The summed E-state index contributed by atoms with van der Waals surface area (Å²) in [6.07, 6.45) is 3.45. The van der Waals surface area contributed by atoms with Crippen LogP contribution in [0.15, 0.2) is 24.3 Å². The first-order valence-corrected chi connectivity index (χ1v) is 9.95. The first kappa shape index (κ1) is 16.6. The number of benzene rings is 1. The van der Waals surface area contributed by atoms with Crippen LogP contribution in [0.4, 0.5) is 4.79 Å². The van der Waals surface area contributed by atoms with E-state index in [1.54, 1.807) is 0 Å². The minimum atomic E-state index is -0.0428. The van der Waals surface area contributed by atoms with Crippen molar-refractivity contribution in [3.63, 3.8) is 0 Å². The highest BCUT2D eigenvalue weighted by Gasteiger charge is 2.42. The number of fused-ring (bicyclic) bond motifs is 2. The summed E-state index contributed by atoms with van der Waals surface area (Å²) in [6.45, 7) is 0.513. The summed E-state index contributed by atoms with van der Waals surface area (Å²) in [4.78, 5) is 23.6. The highest BCUT2D eigenvalue weighted by atomic mass is 32.2. The summed E-state index contributed by atoms with van der Waals surface area (Å²) in [6, 6.07) is 8.29. The molecular weight excluding hydrogens is 338 g/mol. The summed E-state index contributed by atoms with van der Waals surface area (Å²) < 4.78 is 5.60. The van der Waals surface area contributed by atoms with Crippen molar-refractivity contribution >= 4 is 23.7 Å². The Balaban J connectivity index is 1.17. The Morgan fingerprint density at radius 1 is 1.28 bits per heavy atom. The molecule has 1 aromatic carbocycles. The van der Waals surface area contributed by atoms with Crippen LogP contribution in [-0.2, 0) is 4.79 Å². The maximum atomic E-state index is 12.2. The van der Waals surface area contributed by atoms with Gasteiger partial charge in [0.25, 0.3) is 0 Å². The van der Waals surface area contributed by atoms with Crippen molar-refractivity contribution in [1.29, 1.82) is 0 Å². The van der Waals surface area contributed by atoms with Crippen LogP contribution < -0.4 is 20.7 Å². The van der Waals surface area contributed by atoms with Gasteiger partial charge in [-0.3, -0.25) is 4.79 Å². The molecule has 0 bridgehead atoms. The Hall–Kier alpha value is -1.89. The normalized spacial score (nSPS) is 29.4. The van der Waals surface area contributed by atoms with E-state index in [1.165, 1.54) is 0 Å². The third-order valence-corrected chi connectivity index (χ3v) is 6.62. The van der Waals surface area contributed by atoms with E-state index in [-0.39, 0.29) is 30.1 Å². The molecule has 2 fully saturated rings. The van der Waals surface area contributed by atoms with Crippen LogP contribution in [0.1, 0.15) is 37.3 Å². The molecule has 0 spiro atoms. The zero-order valence-corrected chi connectivity index (χ0v) is 14.8. The SMILES string of the molecule is O=C(CCCC[C@@H]1SC[C@@H]2NC(=O)N[C@H]21)N[C@H]1COc2ccccc21. The van der Waals surface area contributed by atoms with Crippen molar-refractivity contribution < 1.29 is 14.3 Å². The summed E-state index contributed by atoms with van der Waals surface area (Å²) in [7, 11) is 0. The molecule has 0 saturated carbocycles. The van der Waals surface area contributed by atoms with E-state index in [0.717, 1.165) is 36.3 Å². The Labute approximate surface area is 151 Å². The fraction of sp³-hybridized carbons (Fsp3) is 0.556. The zero-order chi connectivity index (χ0) is 17.2. The van der Waals surface area contributed by atoms with Gasteiger partial charge in [-0.2, -0.15) is 11.8 Å². The fourth-order valence-corrected chi connectivity index (χ4v) is 5.37. The fourth-order valence-electron chi connectivity index (χ4n) is 3.82. The average Bonchev–Trinajstić information content (AvgIpc) is 3.27. The van der Waals surface area contributed by atoms with Gasteiger partial charge in [-0.15, -0.1) is 0 Å². The summed E-state index contributed by atoms with van der Waals surface area (Å²) in [5.74, 6) is 1.93. The van der Waals surface area contributed by atoms with Gasteiger partial charge in [0.15, 0.2) is 0 Å². The quantitative estimate of drug-likeness (QED) is 0.535. The number of ether oxygens (including phenoxy) is 1. The molecule has 3 amide bonds. The number of rotatable bonds is 6. The van der Waals surface area contributed by atoms with Crippen molar-refractivity contribution in [3.05, 3.63) is 29.8 Å². The van der Waals surface area contributed by atoms with E-state index in [2.05, 4.69) is 16.0 Å². The van der Waals surface area contributed by atoms with Crippen molar-refractivity contribution in [1.82, 2.24) is 16.0 Å². The van der Waals surface area contributed by atoms with Crippen LogP contribution >= 0.6 is 11.8 Å². The summed E-state index contributed by atoms with van der Waals surface area (Å²) >= 11 is 1.92. The molecule has 3 heterocycles. The Bertz CT molecular complexity index is 669. The topological polar surface area (TPSA) is 79.5 Å². The second-order valence-corrected chi connectivity index (χ2v) is 8.11. The molecule has 0 aliphatic carbocycles. The molecule has 0 radical (unpaired) electrons. The van der Waals surface area contributed by atoms with Crippen molar-refractivity contribution in [2.45, 2.75) is 49.1 Å². The molecule has 3 aliphatic rings. The predicted octanol–water partition coefficient (Wildman–Crippen LogP) is 1.96. The monoisotopic (exact) mass is 361 g/mol. The maximum Gasteiger partial charge on any atom is 0.315 e. The highest BCUT2D eigenvalue weighted by Crippen LogP contribution is 2.33. The van der Waals surface area contributed by atoms with E-state index in [0.29, 0.717) is 18.3 Å². The third-order valence-electron chi connectivity index (χ3n) is 5.12. The number of amides is 3. The molecule has 2 saturated heterocycles. The molecule has 0 unspecified atom stereocenters. The smallest absolute Gasteiger partial charge is 0.315 e. The lowest BCUT2D eigenvalue weighted by Crippen LogP contribution is -2.36. The van der Waals surface area contributed by atoms with Crippen LogP contribution in [0.25, 0.3) is 0 Å². The molecule has 3 aliphatic heterocycles. The van der Waals surface area contributed by atoms with Crippen molar-refractivity contribution in [2.24, 2.45) is 0 Å². The van der Waals surface area contributed by atoms with E-state index < -0.39 is 0 Å². The average molecular weight is 361 g/mol. The number of hydrogen-bond acceptors (Lipinski definition) is 4. The van der Waals surface area contributed by atoms with Gasteiger partial charge in [0, 0.05) is 23.0 Å². The summed E-state index contributed by atoms with van der Waals surface area (Å²) in [5, 5.41) is 9.50. The molecular formula is C18H23N3O3S. The molecule has 4 atom stereocenters.